The summed E-state index contributed by atoms with van der Waals surface area (Å²) in [5, 5.41) is 4.86. The van der Waals surface area contributed by atoms with Crippen LogP contribution < -0.4 is 9.47 Å². The Hall–Kier alpha value is -4.39. The Labute approximate surface area is 196 Å². The average molecular weight is 453 g/mol. The number of ether oxygens (including phenoxy) is 2. The predicted octanol–water partition coefficient (Wildman–Crippen LogP) is 5.75. The third-order valence-corrected chi connectivity index (χ3v) is 5.34. The smallest absolute Gasteiger partial charge is 0.260 e. The lowest BCUT2D eigenvalue weighted by atomic mass is 10.1. The summed E-state index contributed by atoms with van der Waals surface area (Å²) in [7, 11) is 0. The van der Waals surface area contributed by atoms with Crippen molar-refractivity contribution in [3.63, 3.8) is 0 Å². The highest BCUT2D eigenvalue weighted by Gasteiger charge is 2.17. The van der Waals surface area contributed by atoms with Gasteiger partial charge in [-0.25, -0.2) is 0 Å². The summed E-state index contributed by atoms with van der Waals surface area (Å²) in [6, 6.07) is 22.8. The van der Waals surface area contributed by atoms with Gasteiger partial charge in [0.25, 0.3) is 5.89 Å². The van der Waals surface area contributed by atoms with Crippen LogP contribution in [0.2, 0.25) is 0 Å². The van der Waals surface area contributed by atoms with E-state index >= 15 is 0 Å². The number of carbonyl (C=O) groups is 1. The molecule has 2 heterocycles. The van der Waals surface area contributed by atoms with Gasteiger partial charge in [-0.3, -0.25) is 4.79 Å². The van der Waals surface area contributed by atoms with Crippen molar-refractivity contribution in [2.75, 3.05) is 6.61 Å². The molecule has 7 heteroatoms. The van der Waals surface area contributed by atoms with Crippen LogP contribution in [0.4, 0.5) is 0 Å². The molecule has 0 unspecified atom stereocenters. The number of hydrogen-bond donors (Lipinski definition) is 0. The molecule has 0 aliphatic carbocycles. The van der Waals surface area contributed by atoms with Crippen molar-refractivity contribution < 1.29 is 18.8 Å². The van der Waals surface area contributed by atoms with Crippen LogP contribution in [0.1, 0.15) is 11.4 Å². The Bertz CT molecular complexity index is 1440. The van der Waals surface area contributed by atoms with Crippen LogP contribution >= 0.6 is 0 Å². The number of carbonyl (C=O) groups excluding carboxylic acids is 1. The predicted molar refractivity (Wildman–Crippen MR) is 128 cm³/mol. The molecule has 0 N–H and O–H groups in total. The topological polar surface area (TPSA) is 79.4 Å². The first-order valence-corrected chi connectivity index (χ1v) is 10.9. The van der Waals surface area contributed by atoms with E-state index in [2.05, 4.69) is 16.2 Å². The number of ketones is 1. The van der Waals surface area contributed by atoms with E-state index in [0.717, 1.165) is 27.8 Å². The minimum absolute atomic E-state index is 0.0422. The number of aryl methyl sites for hydroxylation is 2. The fraction of sp³-hybridized carbons (Fsp3) is 0.148. The normalized spacial score (nSPS) is 11.0. The van der Waals surface area contributed by atoms with Gasteiger partial charge in [0.15, 0.2) is 11.6 Å². The zero-order valence-electron chi connectivity index (χ0n) is 18.9. The van der Waals surface area contributed by atoms with Crippen molar-refractivity contribution >= 4 is 16.7 Å². The number of nitrogens with zero attached hydrogens (tertiary/aromatic N) is 3. The minimum Gasteiger partial charge on any atom is -0.486 e. The minimum atomic E-state index is -0.0599. The van der Waals surface area contributed by atoms with Gasteiger partial charge in [0.2, 0.25) is 0 Å². The van der Waals surface area contributed by atoms with Crippen LogP contribution in [0.3, 0.4) is 0 Å². The second-order valence-electron chi connectivity index (χ2n) is 8.05. The summed E-state index contributed by atoms with van der Waals surface area (Å²) in [4.78, 5) is 17.1. The molecule has 7 nitrogen and oxygen atoms in total. The van der Waals surface area contributed by atoms with Crippen LogP contribution in [0, 0.1) is 13.8 Å². The van der Waals surface area contributed by atoms with Crippen molar-refractivity contribution in [3.8, 4) is 28.7 Å². The van der Waals surface area contributed by atoms with E-state index in [4.69, 9.17) is 14.0 Å². The standard InChI is InChI=1S/C27H23N3O4/c1-18-8-13-26-24(14-18)25(27-28-19(2)29-34-27)16-30(26)15-20(31)17-32-21-9-11-23(12-10-21)33-22-6-4-3-5-7-22/h3-14,16H,15,17H2,1-2H3. The highest BCUT2D eigenvalue weighted by atomic mass is 16.5. The molecule has 34 heavy (non-hydrogen) atoms. The molecular formula is C27H23N3O4. The van der Waals surface area contributed by atoms with Gasteiger partial charge in [0.1, 0.15) is 23.9 Å². The number of fused-ring (bicyclic) bond motifs is 1. The zero-order chi connectivity index (χ0) is 23.5. The second-order valence-corrected chi connectivity index (χ2v) is 8.05. The number of rotatable bonds is 8. The van der Waals surface area contributed by atoms with Crippen LogP contribution in [0.15, 0.2) is 83.5 Å². The first-order valence-electron chi connectivity index (χ1n) is 10.9. The molecule has 0 saturated carbocycles. The second kappa shape index (κ2) is 9.23. The quantitative estimate of drug-likeness (QED) is 0.298. The lowest BCUT2D eigenvalue weighted by Crippen LogP contribution is -2.17. The number of para-hydroxylation sites is 1. The lowest BCUT2D eigenvalue weighted by molar-refractivity contribution is -0.121. The van der Waals surface area contributed by atoms with Crippen molar-refractivity contribution in [1.82, 2.24) is 14.7 Å². The highest BCUT2D eigenvalue weighted by Crippen LogP contribution is 2.30. The summed E-state index contributed by atoms with van der Waals surface area (Å²) in [6.45, 7) is 3.93. The van der Waals surface area contributed by atoms with E-state index in [0.29, 0.717) is 23.2 Å². The number of Topliss-reactive ketones (excluding diaryl/α,β-unsaturated/α-hetero) is 1. The lowest BCUT2D eigenvalue weighted by Gasteiger charge is -2.09. The third kappa shape index (κ3) is 4.68. The molecule has 5 aromatic rings. The molecule has 0 aliphatic rings. The largest absolute Gasteiger partial charge is 0.486 e. The van der Waals surface area contributed by atoms with Gasteiger partial charge < -0.3 is 18.6 Å². The summed E-state index contributed by atoms with van der Waals surface area (Å²) >= 11 is 0. The fourth-order valence-corrected chi connectivity index (χ4v) is 3.75. The summed E-state index contributed by atoms with van der Waals surface area (Å²) in [5.74, 6) is 3.00. The molecule has 2 aromatic heterocycles. The Kier molecular flexibility index (Phi) is 5.82. The Morgan fingerprint density at radius 3 is 2.41 bits per heavy atom. The maximum absolute atomic E-state index is 12.7. The highest BCUT2D eigenvalue weighted by molar-refractivity contribution is 5.95. The first kappa shape index (κ1) is 21.5. The summed E-state index contributed by atoms with van der Waals surface area (Å²) < 4.78 is 18.8. The average Bonchev–Trinajstić information content (AvgIpc) is 3.42. The van der Waals surface area contributed by atoms with E-state index in [1.165, 1.54) is 0 Å². The molecule has 0 atom stereocenters. The summed E-state index contributed by atoms with van der Waals surface area (Å²) in [5.41, 5.74) is 2.84. The molecule has 5 rings (SSSR count). The van der Waals surface area contributed by atoms with E-state index in [1.54, 1.807) is 19.1 Å². The van der Waals surface area contributed by atoms with E-state index in [9.17, 15) is 4.79 Å². The first-order chi connectivity index (χ1) is 16.5. The fourth-order valence-electron chi connectivity index (χ4n) is 3.75. The number of hydrogen-bond acceptors (Lipinski definition) is 6. The van der Waals surface area contributed by atoms with E-state index in [-0.39, 0.29) is 18.9 Å². The Morgan fingerprint density at radius 2 is 1.68 bits per heavy atom. The van der Waals surface area contributed by atoms with Crippen LogP contribution in [-0.2, 0) is 11.3 Å². The van der Waals surface area contributed by atoms with Gasteiger partial charge in [-0.05, 0) is 62.4 Å². The van der Waals surface area contributed by atoms with Gasteiger partial charge in [-0.1, -0.05) is 35.0 Å². The number of aromatic nitrogens is 3. The maximum Gasteiger partial charge on any atom is 0.260 e. The van der Waals surface area contributed by atoms with E-state index < -0.39 is 0 Å². The van der Waals surface area contributed by atoms with Gasteiger partial charge >= 0.3 is 0 Å². The Balaban J connectivity index is 1.26. The molecule has 0 aliphatic heterocycles. The van der Waals surface area contributed by atoms with Crippen LogP contribution in [-0.4, -0.2) is 27.1 Å². The van der Waals surface area contributed by atoms with Crippen LogP contribution in [0.5, 0.6) is 17.2 Å². The van der Waals surface area contributed by atoms with Gasteiger partial charge in [0.05, 0.1) is 12.1 Å². The molecule has 0 bridgehead atoms. The Morgan fingerprint density at radius 1 is 0.941 bits per heavy atom. The maximum atomic E-state index is 12.7. The molecule has 0 spiro atoms. The number of benzene rings is 3. The molecule has 170 valence electrons. The molecule has 0 fully saturated rings. The molecule has 0 amide bonds. The van der Waals surface area contributed by atoms with Gasteiger partial charge in [0, 0.05) is 17.1 Å². The molecule has 0 saturated heterocycles. The van der Waals surface area contributed by atoms with Gasteiger partial charge in [-0.15, -0.1) is 0 Å². The van der Waals surface area contributed by atoms with Gasteiger partial charge in [-0.2, -0.15) is 4.98 Å². The third-order valence-electron chi connectivity index (χ3n) is 5.34. The molecule has 3 aromatic carbocycles. The monoisotopic (exact) mass is 453 g/mol. The van der Waals surface area contributed by atoms with Crippen molar-refractivity contribution in [3.05, 3.63) is 90.4 Å². The molecule has 0 radical (unpaired) electrons. The van der Waals surface area contributed by atoms with Crippen molar-refractivity contribution in [1.29, 1.82) is 0 Å². The zero-order valence-corrected chi connectivity index (χ0v) is 18.9. The summed E-state index contributed by atoms with van der Waals surface area (Å²) in [6.07, 6.45) is 1.88. The molecular weight excluding hydrogens is 430 g/mol. The van der Waals surface area contributed by atoms with Crippen molar-refractivity contribution in [2.24, 2.45) is 0 Å². The van der Waals surface area contributed by atoms with E-state index in [1.807, 2.05) is 72.3 Å². The van der Waals surface area contributed by atoms with Crippen molar-refractivity contribution in [2.45, 2.75) is 20.4 Å². The van der Waals surface area contributed by atoms with Crippen LogP contribution in [0.25, 0.3) is 22.4 Å². The SMILES string of the molecule is Cc1ccc2c(c1)c(-c1nc(C)no1)cn2CC(=O)COc1ccc(Oc2ccccc2)cc1.